The fourth-order valence-electron chi connectivity index (χ4n) is 1.76. The molecule has 0 radical (unpaired) electrons. The second kappa shape index (κ2) is 7.26. The SMILES string of the molecule is Cc1cc(OCCCCCS(N)(=O)=O)cc(C)c1Br. The highest BCUT2D eigenvalue weighted by molar-refractivity contribution is 9.10. The Morgan fingerprint density at radius 3 is 2.26 bits per heavy atom. The molecule has 1 rings (SSSR count). The number of hydrogen-bond donors (Lipinski definition) is 1. The summed E-state index contributed by atoms with van der Waals surface area (Å²) >= 11 is 3.51. The Kier molecular flexibility index (Phi) is 6.29. The van der Waals surface area contributed by atoms with E-state index in [-0.39, 0.29) is 5.75 Å². The van der Waals surface area contributed by atoms with Gasteiger partial charge in [0.15, 0.2) is 0 Å². The Morgan fingerprint density at radius 2 is 1.74 bits per heavy atom. The van der Waals surface area contributed by atoms with Gasteiger partial charge in [-0.2, -0.15) is 0 Å². The van der Waals surface area contributed by atoms with Crippen LogP contribution in [0.25, 0.3) is 0 Å². The zero-order chi connectivity index (χ0) is 14.5. The second-order valence-electron chi connectivity index (χ2n) is 4.65. The van der Waals surface area contributed by atoms with Gasteiger partial charge in [-0.1, -0.05) is 15.9 Å². The molecule has 0 heterocycles. The number of aryl methyl sites for hydroxylation is 2. The van der Waals surface area contributed by atoms with Crippen molar-refractivity contribution in [3.8, 4) is 5.75 Å². The first kappa shape index (κ1) is 16.5. The third-order valence-corrected chi connectivity index (χ3v) is 4.86. The van der Waals surface area contributed by atoms with E-state index in [1.54, 1.807) is 0 Å². The number of halogens is 1. The molecule has 0 atom stereocenters. The predicted octanol–water partition coefficient (Wildman–Crippen LogP) is 2.90. The Morgan fingerprint density at radius 1 is 1.16 bits per heavy atom. The van der Waals surface area contributed by atoms with Gasteiger partial charge in [0, 0.05) is 4.47 Å². The van der Waals surface area contributed by atoms with Crippen LogP contribution in [0.4, 0.5) is 0 Å². The molecule has 0 aliphatic rings. The highest BCUT2D eigenvalue weighted by Crippen LogP contribution is 2.26. The topological polar surface area (TPSA) is 69.4 Å². The summed E-state index contributed by atoms with van der Waals surface area (Å²) in [6.45, 7) is 4.64. The number of unbranched alkanes of at least 4 members (excludes halogenated alkanes) is 2. The van der Waals surface area contributed by atoms with Crippen molar-refractivity contribution in [2.45, 2.75) is 33.1 Å². The lowest BCUT2D eigenvalue weighted by atomic mass is 10.1. The molecular weight excluding hydrogens is 330 g/mol. The maximum atomic E-state index is 10.7. The third-order valence-electron chi connectivity index (χ3n) is 2.75. The molecule has 0 amide bonds. The average molecular weight is 350 g/mol. The fourth-order valence-corrected chi connectivity index (χ4v) is 2.60. The van der Waals surface area contributed by atoms with Crippen molar-refractivity contribution in [3.63, 3.8) is 0 Å². The molecule has 6 heteroatoms. The summed E-state index contributed by atoms with van der Waals surface area (Å²) in [5, 5.41) is 4.93. The number of hydrogen-bond acceptors (Lipinski definition) is 3. The molecule has 2 N–H and O–H groups in total. The van der Waals surface area contributed by atoms with Crippen LogP contribution in [0.2, 0.25) is 0 Å². The number of rotatable bonds is 7. The van der Waals surface area contributed by atoms with Crippen molar-refractivity contribution in [2.24, 2.45) is 5.14 Å². The van der Waals surface area contributed by atoms with Crippen LogP contribution in [0.5, 0.6) is 5.75 Å². The predicted molar refractivity (Wildman–Crippen MR) is 80.9 cm³/mol. The number of primary sulfonamides is 1. The zero-order valence-corrected chi connectivity index (χ0v) is 13.7. The molecule has 0 unspecified atom stereocenters. The van der Waals surface area contributed by atoms with Crippen molar-refractivity contribution in [1.82, 2.24) is 0 Å². The standard InChI is InChI=1S/C13H20BrNO3S/c1-10-8-12(9-11(2)13(10)14)18-6-4-3-5-7-19(15,16)17/h8-9H,3-7H2,1-2H3,(H2,15,16,17). The van der Waals surface area contributed by atoms with Crippen LogP contribution in [-0.2, 0) is 10.0 Å². The first-order valence-electron chi connectivity index (χ1n) is 6.19. The quantitative estimate of drug-likeness (QED) is 0.769. The van der Waals surface area contributed by atoms with E-state index in [1.807, 2.05) is 26.0 Å². The summed E-state index contributed by atoms with van der Waals surface area (Å²) in [4.78, 5) is 0. The minimum absolute atomic E-state index is 0.0451. The molecule has 108 valence electrons. The number of benzene rings is 1. The molecular formula is C13H20BrNO3S. The Labute approximate surface area is 123 Å². The lowest BCUT2D eigenvalue weighted by molar-refractivity contribution is 0.306. The van der Waals surface area contributed by atoms with E-state index < -0.39 is 10.0 Å². The van der Waals surface area contributed by atoms with Gasteiger partial charge in [-0.15, -0.1) is 0 Å². The fraction of sp³-hybridized carbons (Fsp3) is 0.538. The van der Waals surface area contributed by atoms with Gasteiger partial charge in [-0.25, -0.2) is 13.6 Å². The zero-order valence-electron chi connectivity index (χ0n) is 11.3. The normalized spacial score (nSPS) is 11.6. The lowest BCUT2D eigenvalue weighted by Crippen LogP contribution is -2.16. The van der Waals surface area contributed by atoms with Gasteiger partial charge >= 0.3 is 0 Å². The maximum absolute atomic E-state index is 10.7. The van der Waals surface area contributed by atoms with Crippen molar-refractivity contribution >= 4 is 26.0 Å². The summed E-state index contributed by atoms with van der Waals surface area (Å²) in [6.07, 6.45) is 2.20. The molecule has 1 aromatic carbocycles. The van der Waals surface area contributed by atoms with Crippen LogP contribution >= 0.6 is 15.9 Å². The van der Waals surface area contributed by atoms with Crippen molar-refractivity contribution in [2.75, 3.05) is 12.4 Å². The van der Waals surface area contributed by atoms with Gasteiger partial charge < -0.3 is 4.74 Å². The van der Waals surface area contributed by atoms with Gasteiger partial charge in [0.25, 0.3) is 0 Å². The summed E-state index contributed by atoms with van der Waals surface area (Å²) in [7, 11) is -3.33. The molecule has 4 nitrogen and oxygen atoms in total. The summed E-state index contributed by atoms with van der Waals surface area (Å²) in [5.41, 5.74) is 2.29. The number of nitrogens with two attached hydrogens (primary N) is 1. The van der Waals surface area contributed by atoms with Crippen molar-refractivity contribution in [3.05, 3.63) is 27.7 Å². The molecule has 0 saturated carbocycles. The monoisotopic (exact) mass is 349 g/mol. The molecule has 0 aliphatic heterocycles. The smallest absolute Gasteiger partial charge is 0.209 e. The van der Waals surface area contributed by atoms with Crippen LogP contribution in [0, 0.1) is 13.8 Å². The highest BCUT2D eigenvalue weighted by atomic mass is 79.9. The Hall–Kier alpha value is -0.590. The number of ether oxygens (including phenoxy) is 1. The van der Waals surface area contributed by atoms with E-state index >= 15 is 0 Å². The molecule has 0 bridgehead atoms. The summed E-state index contributed by atoms with van der Waals surface area (Å²) < 4.78 is 28.2. The lowest BCUT2D eigenvalue weighted by Gasteiger charge is -2.10. The molecule has 0 aliphatic carbocycles. The van der Waals surface area contributed by atoms with E-state index in [2.05, 4.69) is 15.9 Å². The molecule has 0 fully saturated rings. The summed E-state index contributed by atoms with van der Waals surface area (Å²) in [5.74, 6) is 0.897. The van der Waals surface area contributed by atoms with E-state index in [4.69, 9.17) is 9.88 Å². The molecule has 0 aromatic heterocycles. The van der Waals surface area contributed by atoms with Gasteiger partial charge in [0.05, 0.1) is 12.4 Å². The molecule has 0 saturated heterocycles. The first-order valence-corrected chi connectivity index (χ1v) is 8.70. The molecule has 0 spiro atoms. The van der Waals surface area contributed by atoms with E-state index in [0.717, 1.165) is 34.2 Å². The van der Waals surface area contributed by atoms with Gasteiger partial charge in [-0.3, -0.25) is 0 Å². The van der Waals surface area contributed by atoms with E-state index in [0.29, 0.717) is 13.0 Å². The molecule has 19 heavy (non-hydrogen) atoms. The minimum atomic E-state index is -3.33. The van der Waals surface area contributed by atoms with Gasteiger partial charge in [-0.05, 0) is 56.4 Å². The third kappa shape index (κ3) is 6.40. The highest BCUT2D eigenvalue weighted by Gasteiger charge is 2.04. The Balaban J connectivity index is 2.30. The minimum Gasteiger partial charge on any atom is -0.494 e. The van der Waals surface area contributed by atoms with E-state index in [9.17, 15) is 8.42 Å². The second-order valence-corrected chi connectivity index (χ2v) is 7.17. The van der Waals surface area contributed by atoms with Gasteiger partial charge in [0.2, 0.25) is 10.0 Å². The van der Waals surface area contributed by atoms with Crippen LogP contribution in [-0.4, -0.2) is 20.8 Å². The number of sulfonamides is 1. The largest absolute Gasteiger partial charge is 0.494 e. The van der Waals surface area contributed by atoms with Gasteiger partial charge in [0.1, 0.15) is 5.75 Å². The van der Waals surface area contributed by atoms with Crippen LogP contribution in [0.15, 0.2) is 16.6 Å². The Bertz CT molecular complexity index is 506. The average Bonchev–Trinajstić information content (AvgIpc) is 2.29. The van der Waals surface area contributed by atoms with Crippen molar-refractivity contribution < 1.29 is 13.2 Å². The van der Waals surface area contributed by atoms with Crippen LogP contribution in [0.1, 0.15) is 30.4 Å². The van der Waals surface area contributed by atoms with Crippen molar-refractivity contribution in [1.29, 1.82) is 0 Å². The van der Waals surface area contributed by atoms with E-state index in [1.165, 1.54) is 0 Å². The van der Waals surface area contributed by atoms with Crippen LogP contribution < -0.4 is 9.88 Å². The summed E-state index contributed by atoms with van der Waals surface area (Å²) in [6, 6.07) is 3.98. The first-order chi connectivity index (χ1) is 8.79. The molecule has 1 aromatic rings. The van der Waals surface area contributed by atoms with Crippen LogP contribution in [0.3, 0.4) is 0 Å². The maximum Gasteiger partial charge on any atom is 0.209 e.